The van der Waals surface area contributed by atoms with E-state index in [1.165, 1.54) is 26.0 Å². The molecule has 0 saturated heterocycles. The van der Waals surface area contributed by atoms with E-state index in [0.29, 0.717) is 12.8 Å². The monoisotopic (exact) mass is 558 g/mol. The molecule has 8 heteroatoms. The maximum Gasteiger partial charge on any atom is 0.303 e. The van der Waals surface area contributed by atoms with Crippen LogP contribution in [-0.4, -0.2) is 62.0 Å². The molecule has 222 valence electrons. The number of ether oxygens (including phenoxy) is 1. The molecule has 0 heterocycles. The van der Waals surface area contributed by atoms with Gasteiger partial charge in [-0.2, -0.15) is 0 Å². The fraction of sp³-hybridized carbons (Fsp3) is 0.750. The first-order valence-electron chi connectivity index (χ1n) is 14.4. The number of hydrogen-bond acceptors (Lipinski definition) is 8. The van der Waals surface area contributed by atoms with Gasteiger partial charge >= 0.3 is 5.97 Å². The van der Waals surface area contributed by atoms with Crippen LogP contribution in [0.25, 0.3) is 0 Å². The number of carbonyl (C=O) groups excluding carboxylic acids is 4. The Morgan fingerprint density at radius 3 is 2.23 bits per heavy atom. The molecule has 3 fully saturated rings. The van der Waals surface area contributed by atoms with Crippen LogP contribution in [0.15, 0.2) is 23.8 Å². The second kappa shape index (κ2) is 9.17. The van der Waals surface area contributed by atoms with Gasteiger partial charge in [-0.25, -0.2) is 0 Å². The largest absolute Gasteiger partial charge is 0.456 e. The third-order valence-electron chi connectivity index (χ3n) is 11.5. The summed E-state index contributed by atoms with van der Waals surface area (Å²) in [6.45, 7) is 15.4. The van der Waals surface area contributed by atoms with Crippen molar-refractivity contribution < 1.29 is 39.2 Å². The van der Waals surface area contributed by atoms with Gasteiger partial charge in [-0.3, -0.25) is 19.2 Å². The highest BCUT2D eigenvalue weighted by molar-refractivity contribution is 5.98. The van der Waals surface area contributed by atoms with Crippen LogP contribution in [0.2, 0.25) is 0 Å². The Kier molecular flexibility index (Phi) is 7.06. The molecule has 0 aliphatic heterocycles. The molecule has 8 nitrogen and oxygen atoms in total. The molecular weight excluding hydrogens is 512 g/mol. The van der Waals surface area contributed by atoms with Gasteiger partial charge in [0.2, 0.25) is 0 Å². The van der Waals surface area contributed by atoms with E-state index in [2.05, 4.69) is 13.0 Å². The van der Waals surface area contributed by atoms with Crippen LogP contribution in [0.3, 0.4) is 0 Å². The van der Waals surface area contributed by atoms with Crippen LogP contribution >= 0.6 is 0 Å². The number of carbonyl (C=O) groups is 4. The summed E-state index contributed by atoms with van der Waals surface area (Å²) < 4.78 is 5.23. The lowest BCUT2D eigenvalue weighted by Gasteiger charge is -2.64. The van der Waals surface area contributed by atoms with Crippen molar-refractivity contribution in [2.24, 2.45) is 39.4 Å². The molecule has 0 aromatic rings. The fourth-order valence-corrected chi connectivity index (χ4v) is 9.40. The van der Waals surface area contributed by atoms with Crippen molar-refractivity contribution in [3.63, 3.8) is 0 Å². The fourth-order valence-electron chi connectivity index (χ4n) is 9.40. The van der Waals surface area contributed by atoms with E-state index in [4.69, 9.17) is 4.74 Å². The van der Waals surface area contributed by atoms with Crippen LogP contribution < -0.4 is 0 Å². The van der Waals surface area contributed by atoms with E-state index in [1.54, 1.807) is 13.8 Å². The van der Waals surface area contributed by atoms with Crippen molar-refractivity contribution in [1.82, 2.24) is 0 Å². The number of allylic oxidation sites excluding steroid dienone is 2. The number of aliphatic hydroxyl groups excluding tert-OH is 2. The second-order valence-electron chi connectivity index (χ2n) is 14.8. The van der Waals surface area contributed by atoms with E-state index < -0.39 is 62.7 Å². The predicted octanol–water partition coefficient (Wildman–Crippen LogP) is 3.50. The molecule has 0 radical (unpaired) electrons. The van der Waals surface area contributed by atoms with Crippen molar-refractivity contribution in [3.05, 3.63) is 23.8 Å². The lowest BCUT2D eigenvalue weighted by atomic mass is 9.38. The van der Waals surface area contributed by atoms with Gasteiger partial charge in [0.05, 0.1) is 6.10 Å². The highest BCUT2D eigenvalue weighted by Gasteiger charge is 2.74. The molecule has 0 aromatic heterocycles. The maximum absolute atomic E-state index is 14.3. The van der Waals surface area contributed by atoms with Crippen molar-refractivity contribution in [2.75, 3.05) is 0 Å². The third kappa shape index (κ3) is 4.11. The Balaban J connectivity index is 1.75. The number of aliphatic hydroxyl groups is 3. The predicted molar refractivity (Wildman–Crippen MR) is 148 cm³/mol. The van der Waals surface area contributed by atoms with Gasteiger partial charge in [-0.1, -0.05) is 32.4 Å². The summed E-state index contributed by atoms with van der Waals surface area (Å²) in [5.41, 5.74) is -5.43. The minimum Gasteiger partial charge on any atom is -0.456 e. The van der Waals surface area contributed by atoms with E-state index in [1.807, 2.05) is 27.7 Å². The molecule has 3 saturated carbocycles. The summed E-state index contributed by atoms with van der Waals surface area (Å²) in [4.78, 5) is 52.1. The lowest BCUT2D eigenvalue weighted by molar-refractivity contribution is -0.183. The van der Waals surface area contributed by atoms with Gasteiger partial charge in [0, 0.05) is 30.1 Å². The Hall–Kier alpha value is -2.16. The summed E-state index contributed by atoms with van der Waals surface area (Å²) in [6.07, 6.45) is 3.55. The maximum atomic E-state index is 14.3. The summed E-state index contributed by atoms with van der Waals surface area (Å²) in [6, 6.07) is 0. The Morgan fingerprint density at radius 1 is 1.05 bits per heavy atom. The molecular formula is C32H46O8. The molecule has 0 aromatic carbocycles. The van der Waals surface area contributed by atoms with Gasteiger partial charge in [0.15, 0.2) is 11.6 Å². The van der Waals surface area contributed by atoms with Crippen LogP contribution in [0.1, 0.15) is 88.0 Å². The lowest BCUT2D eigenvalue weighted by Crippen LogP contribution is -2.65. The van der Waals surface area contributed by atoms with E-state index in [-0.39, 0.29) is 36.2 Å². The topological polar surface area (TPSA) is 138 Å². The van der Waals surface area contributed by atoms with Crippen molar-refractivity contribution in [1.29, 1.82) is 0 Å². The standard InChI is InChI=1S/C32H46O8/c1-17(33)40-27(2,3)13-12-23(36)32(9,39)25-21(35)15-29(6)22-11-10-18-19(14-20(34)26(38)28(18,4)5)31(22,8)24(37)16-30(25,29)7/h10,12-13,19-22,25,34-35,39H,11,14-16H2,1-9H3/b13-12+/t19?,20-,21+,22?,25?,29-,30+,31-,32-/m0/s1. The minimum atomic E-state index is -1.99. The molecule has 4 aliphatic rings. The SMILES string of the molecule is CC(=O)OC(C)(C)/C=C/C(=O)[C@](C)(O)C1[C@H](O)C[C@@]2(C)C3CC=C4C(C[C@H](O)C(=O)C4(C)C)[C@]3(C)C(=O)C[C@]12C. The number of fused-ring (bicyclic) bond motifs is 5. The Morgan fingerprint density at radius 2 is 1.65 bits per heavy atom. The second-order valence-corrected chi connectivity index (χ2v) is 14.8. The zero-order chi connectivity index (χ0) is 30.4. The molecule has 0 amide bonds. The molecule has 0 spiro atoms. The minimum absolute atomic E-state index is 0.0284. The number of rotatable bonds is 5. The van der Waals surface area contributed by atoms with Crippen LogP contribution in [0.5, 0.6) is 0 Å². The average Bonchev–Trinajstić information content (AvgIpc) is 3.01. The zero-order valence-corrected chi connectivity index (χ0v) is 25.3. The first kappa shape index (κ1) is 30.8. The highest BCUT2D eigenvalue weighted by Crippen LogP contribution is 2.74. The van der Waals surface area contributed by atoms with Gasteiger partial charge in [-0.05, 0) is 88.7 Å². The van der Waals surface area contributed by atoms with Gasteiger partial charge in [0.25, 0.3) is 0 Å². The molecule has 0 bridgehead atoms. The van der Waals surface area contributed by atoms with Crippen molar-refractivity contribution in [3.8, 4) is 0 Å². The first-order valence-corrected chi connectivity index (χ1v) is 14.4. The van der Waals surface area contributed by atoms with Gasteiger partial charge in [-0.15, -0.1) is 0 Å². The summed E-state index contributed by atoms with van der Waals surface area (Å²) in [5.74, 6) is -2.85. The Bertz CT molecular complexity index is 1210. The van der Waals surface area contributed by atoms with Crippen LogP contribution in [0.4, 0.5) is 0 Å². The molecule has 40 heavy (non-hydrogen) atoms. The normalized spacial score (nSPS) is 42.4. The van der Waals surface area contributed by atoms with E-state index >= 15 is 0 Å². The van der Waals surface area contributed by atoms with Gasteiger partial charge in [0.1, 0.15) is 23.1 Å². The summed E-state index contributed by atoms with van der Waals surface area (Å²) >= 11 is 0. The first-order chi connectivity index (χ1) is 18.1. The number of esters is 1. The highest BCUT2D eigenvalue weighted by atomic mass is 16.6. The van der Waals surface area contributed by atoms with Gasteiger partial charge < -0.3 is 20.1 Å². The molecule has 4 rings (SSSR count). The van der Waals surface area contributed by atoms with Crippen molar-refractivity contribution >= 4 is 23.3 Å². The number of ketones is 3. The molecule has 3 N–H and O–H groups in total. The smallest absolute Gasteiger partial charge is 0.303 e. The number of Topliss-reactive ketones (excluding diaryl/α,β-unsaturated/α-hetero) is 2. The summed E-state index contributed by atoms with van der Waals surface area (Å²) in [7, 11) is 0. The molecule has 3 unspecified atom stereocenters. The summed E-state index contributed by atoms with van der Waals surface area (Å²) in [5, 5.41) is 34.0. The molecule has 4 aliphatic carbocycles. The average molecular weight is 559 g/mol. The Labute approximate surface area is 237 Å². The number of hydrogen-bond donors (Lipinski definition) is 3. The third-order valence-corrected chi connectivity index (χ3v) is 11.5. The quantitative estimate of drug-likeness (QED) is 0.265. The van der Waals surface area contributed by atoms with Crippen LogP contribution in [0, 0.1) is 39.4 Å². The molecule has 9 atom stereocenters. The van der Waals surface area contributed by atoms with Crippen LogP contribution in [-0.2, 0) is 23.9 Å². The zero-order valence-electron chi connectivity index (χ0n) is 25.3. The van der Waals surface area contributed by atoms with Crippen molar-refractivity contribution in [2.45, 2.75) is 111 Å². The van der Waals surface area contributed by atoms with E-state index in [0.717, 1.165) is 5.57 Å². The van der Waals surface area contributed by atoms with E-state index in [9.17, 15) is 34.5 Å².